The van der Waals surface area contributed by atoms with Gasteiger partial charge in [-0.2, -0.15) is 0 Å². The number of carboxylic acids is 1. The van der Waals surface area contributed by atoms with Gasteiger partial charge in [-0.25, -0.2) is 0 Å². The van der Waals surface area contributed by atoms with Gasteiger partial charge in [0, 0.05) is 16.0 Å². The van der Waals surface area contributed by atoms with E-state index in [-0.39, 0.29) is 5.92 Å². The first-order chi connectivity index (χ1) is 6.93. The average Bonchev–Trinajstić information content (AvgIpc) is 2.78. The highest BCUT2D eigenvalue weighted by Gasteiger charge is 2.60. The molecule has 15 heavy (non-hydrogen) atoms. The van der Waals surface area contributed by atoms with Crippen LogP contribution in [0.25, 0.3) is 0 Å². The predicted octanol–water partition coefficient (Wildman–Crippen LogP) is 3.54. The molecule has 0 heterocycles. The normalized spacial score (nSPS) is 28.9. The van der Waals surface area contributed by atoms with Crippen LogP contribution in [0.4, 0.5) is 0 Å². The van der Waals surface area contributed by atoms with Crippen LogP contribution in [-0.4, -0.2) is 16.0 Å². The highest BCUT2D eigenvalue weighted by Crippen LogP contribution is 2.57. The fourth-order valence-corrected chi connectivity index (χ4v) is 2.46. The van der Waals surface area contributed by atoms with Gasteiger partial charge in [-0.15, -0.1) is 11.6 Å². The number of hydrogen-bond acceptors (Lipinski definition) is 1. The predicted molar refractivity (Wildman–Crippen MR) is 60.0 cm³/mol. The summed E-state index contributed by atoms with van der Waals surface area (Å²) < 4.78 is 0. The highest BCUT2D eigenvalue weighted by atomic mass is 35.5. The molecule has 0 aliphatic heterocycles. The summed E-state index contributed by atoms with van der Waals surface area (Å²) in [7, 11) is 0. The molecule has 0 radical (unpaired) electrons. The number of aliphatic carboxylic acids is 1. The van der Waals surface area contributed by atoms with Crippen molar-refractivity contribution in [2.75, 3.05) is 0 Å². The minimum absolute atomic E-state index is 0.201. The second kappa shape index (κ2) is 3.55. The van der Waals surface area contributed by atoms with Crippen LogP contribution < -0.4 is 0 Å². The Kier molecular flexibility index (Phi) is 2.61. The molecule has 0 aromatic heterocycles. The lowest BCUT2D eigenvalue weighted by atomic mass is 10.1. The van der Waals surface area contributed by atoms with Gasteiger partial charge >= 0.3 is 5.97 Å². The summed E-state index contributed by atoms with van der Waals surface area (Å²) in [6.45, 7) is 0. The Morgan fingerprint density at radius 2 is 1.87 bits per heavy atom. The zero-order valence-corrected chi connectivity index (χ0v) is 9.77. The molecule has 1 aliphatic carbocycles. The molecule has 2 rings (SSSR count). The van der Waals surface area contributed by atoms with Crippen LogP contribution in [0.5, 0.6) is 0 Å². The van der Waals surface area contributed by atoms with Gasteiger partial charge in [-0.3, -0.25) is 4.79 Å². The highest BCUT2D eigenvalue weighted by molar-refractivity contribution is 6.37. The second-order valence-electron chi connectivity index (χ2n) is 3.63. The molecule has 1 N–H and O–H groups in total. The first kappa shape index (κ1) is 11.1. The van der Waals surface area contributed by atoms with Gasteiger partial charge in [0.25, 0.3) is 0 Å². The van der Waals surface area contributed by atoms with Crippen molar-refractivity contribution in [3.63, 3.8) is 0 Å². The SMILES string of the molecule is O=C(O)C1(Cl)CC1c1cc(Cl)cc(Cl)c1. The van der Waals surface area contributed by atoms with Crippen molar-refractivity contribution < 1.29 is 9.90 Å². The minimum Gasteiger partial charge on any atom is -0.480 e. The monoisotopic (exact) mass is 264 g/mol. The van der Waals surface area contributed by atoms with Crippen molar-refractivity contribution >= 4 is 40.8 Å². The third-order valence-corrected chi connectivity index (χ3v) is 3.55. The van der Waals surface area contributed by atoms with Crippen molar-refractivity contribution in [1.82, 2.24) is 0 Å². The lowest BCUT2D eigenvalue weighted by Gasteiger charge is -2.04. The van der Waals surface area contributed by atoms with Crippen LogP contribution in [0.3, 0.4) is 0 Å². The number of alkyl halides is 1. The van der Waals surface area contributed by atoms with Gasteiger partial charge in [0.05, 0.1) is 0 Å². The molecule has 2 nitrogen and oxygen atoms in total. The van der Waals surface area contributed by atoms with E-state index < -0.39 is 10.8 Å². The zero-order chi connectivity index (χ0) is 11.2. The maximum absolute atomic E-state index is 10.8. The van der Waals surface area contributed by atoms with Crippen LogP contribution in [0.15, 0.2) is 18.2 Å². The summed E-state index contributed by atoms with van der Waals surface area (Å²) in [4.78, 5) is 9.67. The second-order valence-corrected chi connectivity index (χ2v) is 5.17. The summed E-state index contributed by atoms with van der Waals surface area (Å²) in [5, 5.41) is 9.87. The maximum Gasteiger partial charge on any atom is 0.325 e. The number of carbonyl (C=O) groups is 1. The largest absolute Gasteiger partial charge is 0.480 e. The molecule has 0 spiro atoms. The van der Waals surface area contributed by atoms with E-state index in [1.54, 1.807) is 18.2 Å². The maximum atomic E-state index is 10.8. The fourth-order valence-electron chi connectivity index (χ4n) is 1.63. The number of halogens is 3. The summed E-state index contributed by atoms with van der Waals surface area (Å²) in [6.07, 6.45) is 0.417. The molecular formula is C10H7Cl3O2. The van der Waals surface area contributed by atoms with Crippen molar-refractivity contribution in [1.29, 1.82) is 0 Å². The van der Waals surface area contributed by atoms with Gasteiger partial charge in [-0.05, 0) is 30.2 Å². The first-order valence-corrected chi connectivity index (χ1v) is 5.45. The van der Waals surface area contributed by atoms with Crippen molar-refractivity contribution in [2.45, 2.75) is 17.2 Å². The summed E-state index contributed by atoms with van der Waals surface area (Å²) in [6, 6.07) is 5.00. The zero-order valence-electron chi connectivity index (χ0n) is 7.51. The first-order valence-electron chi connectivity index (χ1n) is 4.32. The van der Waals surface area contributed by atoms with E-state index in [4.69, 9.17) is 39.9 Å². The van der Waals surface area contributed by atoms with E-state index in [1.165, 1.54) is 0 Å². The fraction of sp³-hybridized carbons (Fsp3) is 0.300. The van der Waals surface area contributed by atoms with Crippen LogP contribution in [0.1, 0.15) is 17.9 Å². The molecule has 0 amide bonds. The van der Waals surface area contributed by atoms with Gasteiger partial charge < -0.3 is 5.11 Å². The van der Waals surface area contributed by atoms with E-state index in [2.05, 4.69) is 0 Å². The van der Waals surface area contributed by atoms with E-state index in [0.29, 0.717) is 16.5 Å². The number of carboxylic acid groups (broad SMARTS) is 1. The molecule has 1 saturated carbocycles. The van der Waals surface area contributed by atoms with Crippen molar-refractivity contribution in [3.8, 4) is 0 Å². The van der Waals surface area contributed by atoms with E-state index in [1.807, 2.05) is 0 Å². The Morgan fingerprint density at radius 3 is 2.27 bits per heavy atom. The van der Waals surface area contributed by atoms with Crippen LogP contribution in [0, 0.1) is 0 Å². The topological polar surface area (TPSA) is 37.3 Å². The molecule has 1 aromatic carbocycles. The van der Waals surface area contributed by atoms with Crippen LogP contribution >= 0.6 is 34.8 Å². The smallest absolute Gasteiger partial charge is 0.325 e. The lowest BCUT2D eigenvalue weighted by Crippen LogP contribution is -2.16. The summed E-state index contributed by atoms with van der Waals surface area (Å²) in [5.41, 5.74) is 0.782. The molecule has 1 aliphatic rings. The summed E-state index contributed by atoms with van der Waals surface area (Å²) in [5.74, 6) is -1.20. The van der Waals surface area contributed by atoms with Gasteiger partial charge in [-0.1, -0.05) is 23.2 Å². The van der Waals surface area contributed by atoms with Gasteiger partial charge in [0.1, 0.15) is 4.87 Å². The van der Waals surface area contributed by atoms with E-state index in [0.717, 1.165) is 5.56 Å². The van der Waals surface area contributed by atoms with Crippen LogP contribution in [0.2, 0.25) is 10.0 Å². The van der Waals surface area contributed by atoms with E-state index >= 15 is 0 Å². The summed E-state index contributed by atoms with van der Waals surface area (Å²) >= 11 is 17.5. The lowest BCUT2D eigenvalue weighted by molar-refractivity contribution is -0.137. The molecule has 0 saturated heterocycles. The quantitative estimate of drug-likeness (QED) is 0.831. The van der Waals surface area contributed by atoms with Gasteiger partial charge in [0.15, 0.2) is 0 Å². The molecule has 0 bridgehead atoms. The number of benzene rings is 1. The number of hydrogen-bond donors (Lipinski definition) is 1. The van der Waals surface area contributed by atoms with Crippen LogP contribution in [-0.2, 0) is 4.79 Å². The van der Waals surface area contributed by atoms with Crippen molar-refractivity contribution in [3.05, 3.63) is 33.8 Å². The molecule has 5 heteroatoms. The molecule has 80 valence electrons. The Hall–Kier alpha value is -0.440. The number of rotatable bonds is 2. The van der Waals surface area contributed by atoms with Gasteiger partial charge in [0.2, 0.25) is 0 Å². The molecule has 2 atom stereocenters. The third-order valence-electron chi connectivity index (χ3n) is 2.54. The molecule has 2 unspecified atom stereocenters. The third kappa shape index (κ3) is 1.94. The standard InChI is InChI=1S/C10H7Cl3O2/c11-6-1-5(2-7(12)3-6)8-4-10(8,13)9(14)15/h1-3,8H,4H2,(H,14,15). The molecular weight excluding hydrogens is 258 g/mol. The van der Waals surface area contributed by atoms with Crippen molar-refractivity contribution in [2.24, 2.45) is 0 Å². The van der Waals surface area contributed by atoms with E-state index in [9.17, 15) is 4.79 Å². The Balaban J connectivity index is 2.30. The Labute approximate surface area is 102 Å². The molecule has 1 fully saturated rings. The Bertz CT molecular complexity index is 412. The molecule has 1 aromatic rings. The Morgan fingerprint density at radius 1 is 1.33 bits per heavy atom. The average molecular weight is 266 g/mol. The minimum atomic E-state index is -1.17.